The SMILES string of the molecule is CO[Si](C)(O)O[Si](C)(OC)O[Si]1(C)O[Si](C)(OC)O[Si](C)(O)O[Si]2(C)O[Si](C)(OC)O[Si](C)(O[Si](C)(O)O[Si](C)(O)O[Si]3(C)O[Si]4(C)O[Si](C)(O)O[Si](C)(O4)O[Si](C)(O3)O1)O2. The quantitative estimate of drug-likeness (QED) is 0.190. The molecule has 4 aliphatic rings. The zero-order chi connectivity index (χ0) is 47.1. The molecule has 4 saturated heterocycles. The molecule has 0 radical (unpaired) electrons. The predicted molar refractivity (Wildman–Crippen MR) is 233 cm³/mol. The molecule has 0 amide bonds. The molecule has 6 bridgehead atoms. The minimum absolute atomic E-state index is 1.17. The largest absolute Gasteiger partial charge is 0.487 e. The maximum atomic E-state index is 12.0. The summed E-state index contributed by atoms with van der Waals surface area (Å²) in [6.45, 7) is 20.6. The van der Waals surface area contributed by atoms with Crippen LogP contribution in [-0.2, 0) is 91.8 Å². The first-order chi connectivity index (χ1) is 27.0. The second kappa shape index (κ2) is 17.8. The fraction of sp³-hybridized carbons (Fsp3) is 1.00. The molecule has 4 rings (SSSR count). The normalized spacial score (nSPS) is 52.7. The van der Waals surface area contributed by atoms with Crippen LogP contribution in [0, 0.1) is 0 Å². The second-order valence-electron chi connectivity index (χ2n) is 15.8. The lowest BCUT2D eigenvalue weighted by Gasteiger charge is -2.53. The summed E-state index contributed by atoms with van der Waals surface area (Å²) < 4.78 is 136. The molecular weight excluding hydrogens is 1080 g/mol. The van der Waals surface area contributed by atoms with Gasteiger partial charge in [0.2, 0.25) is 0 Å². The van der Waals surface area contributed by atoms with Crippen molar-refractivity contribution in [3.05, 3.63) is 0 Å². The molecule has 15 atom stereocenters. The summed E-state index contributed by atoms with van der Waals surface area (Å²) in [6.07, 6.45) is 0. The maximum absolute atomic E-state index is 12.0. The third kappa shape index (κ3) is 15.1. The molecule has 27 nitrogen and oxygen atoms in total. The Morgan fingerprint density at radius 1 is 0.344 bits per heavy atom. The third-order valence-electron chi connectivity index (χ3n) is 8.20. The average molecular weight is 1140 g/mol. The average Bonchev–Trinajstić information content (AvgIpc) is 2.93. The molecule has 0 spiro atoms. The molecular formula is C19H62O27Si15. The van der Waals surface area contributed by atoms with Crippen LogP contribution in [0.25, 0.3) is 0 Å². The molecule has 0 saturated carbocycles. The Kier molecular flexibility index (Phi) is 16.3. The Hall–Kier alpha value is 2.17. The van der Waals surface area contributed by atoms with Crippen LogP contribution in [0.1, 0.15) is 0 Å². The van der Waals surface area contributed by atoms with E-state index in [9.17, 15) is 24.0 Å². The summed E-state index contributed by atoms with van der Waals surface area (Å²) in [7, 11) is -59.5. The first kappa shape index (κ1) is 55.8. The van der Waals surface area contributed by atoms with Crippen molar-refractivity contribution in [2.45, 2.75) is 98.2 Å². The van der Waals surface area contributed by atoms with Gasteiger partial charge in [-0.2, -0.15) is 0 Å². The lowest BCUT2D eigenvalue weighted by atomic mass is 11.8. The van der Waals surface area contributed by atoms with E-state index < -0.39 is 132 Å². The molecule has 61 heavy (non-hydrogen) atoms. The van der Waals surface area contributed by atoms with Gasteiger partial charge in [0.15, 0.2) is 0 Å². The molecule has 0 aromatic heterocycles. The van der Waals surface area contributed by atoms with Crippen molar-refractivity contribution in [2.75, 3.05) is 28.4 Å². The number of hydrogen-bond acceptors (Lipinski definition) is 27. The lowest BCUT2D eigenvalue weighted by Crippen LogP contribution is -2.79. The van der Waals surface area contributed by atoms with Crippen LogP contribution < -0.4 is 0 Å². The van der Waals surface area contributed by atoms with E-state index in [-0.39, 0.29) is 0 Å². The lowest BCUT2D eigenvalue weighted by molar-refractivity contribution is 0.0252. The molecule has 4 fully saturated rings. The first-order valence-corrected chi connectivity index (χ1v) is 52.0. The van der Waals surface area contributed by atoms with Crippen LogP contribution in [-0.4, -0.2) is 184 Å². The fourth-order valence-electron chi connectivity index (χ4n) is 7.00. The molecule has 0 aromatic carbocycles. The molecule has 4 heterocycles. The minimum Gasteiger partial charge on any atom is -0.391 e. The number of rotatable bonds is 8. The molecule has 15 unspecified atom stereocenters. The Morgan fingerprint density at radius 2 is 0.623 bits per heavy atom. The van der Waals surface area contributed by atoms with Gasteiger partial charge in [-0.3, -0.25) is 0 Å². The second-order valence-corrected chi connectivity index (χ2v) is 58.3. The standard InChI is InChI=1S/C19H62O27Si15/c1-25-47(5,20)30-52(10,26-2)37-60(18)38-53(11,27-3)31-50(8,23)34-56(14)40-54(12,28-4)39-55(13,41-56)32-48(6,21)29-49(7,22)33-57(15)42-58(16)35-51(9,24)36-59(17,43-58)45-61(19,44-57)46-60/h20-24H,1-19H3. The molecule has 42 heteroatoms. The zero-order valence-electron chi connectivity index (χ0n) is 37.7. The Bertz CT molecular complexity index is 1600. The van der Waals surface area contributed by atoms with Crippen LogP contribution in [0.3, 0.4) is 0 Å². The van der Waals surface area contributed by atoms with Gasteiger partial charge in [-0.05, 0) is 0 Å². The Balaban J connectivity index is 1.99. The summed E-state index contributed by atoms with van der Waals surface area (Å²) in [5.74, 6) is 0. The highest BCUT2D eigenvalue weighted by atomic mass is 28.6. The molecule has 0 aliphatic carbocycles. The highest BCUT2D eigenvalue weighted by Crippen LogP contribution is 2.42. The van der Waals surface area contributed by atoms with Crippen molar-refractivity contribution < 1.29 is 116 Å². The zero-order valence-corrected chi connectivity index (χ0v) is 52.7. The van der Waals surface area contributed by atoms with E-state index in [0.29, 0.717) is 0 Å². The predicted octanol–water partition coefficient (Wildman–Crippen LogP) is -0.583. The van der Waals surface area contributed by atoms with Crippen molar-refractivity contribution >= 4 is 132 Å². The van der Waals surface area contributed by atoms with Gasteiger partial charge in [0, 0.05) is 127 Å². The van der Waals surface area contributed by atoms with Gasteiger partial charge in [0.1, 0.15) is 0 Å². The summed E-state index contributed by atoms with van der Waals surface area (Å²) in [5.41, 5.74) is 0. The van der Waals surface area contributed by atoms with E-state index >= 15 is 0 Å². The fourth-order valence-corrected chi connectivity index (χ4v) is 73.5. The van der Waals surface area contributed by atoms with E-state index in [2.05, 4.69) is 0 Å². The molecule has 360 valence electrons. The topological polar surface area (TPSA) is 304 Å². The summed E-state index contributed by atoms with van der Waals surface area (Å²) in [4.78, 5) is 58.2. The summed E-state index contributed by atoms with van der Waals surface area (Å²) in [6, 6.07) is 0. The number of fused-ring (bicyclic) bond motifs is 6. The van der Waals surface area contributed by atoms with Gasteiger partial charge in [-0.1, -0.05) is 0 Å². The number of hydrogen-bond donors (Lipinski definition) is 5. The van der Waals surface area contributed by atoms with E-state index in [1.54, 1.807) is 0 Å². The van der Waals surface area contributed by atoms with Gasteiger partial charge in [0.25, 0.3) is 0 Å². The van der Waals surface area contributed by atoms with Crippen LogP contribution >= 0.6 is 0 Å². The smallest absolute Gasteiger partial charge is 0.391 e. The van der Waals surface area contributed by atoms with Crippen molar-refractivity contribution in [1.82, 2.24) is 0 Å². The van der Waals surface area contributed by atoms with Crippen molar-refractivity contribution in [3.8, 4) is 0 Å². The molecule has 5 N–H and O–H groups in total. The van der Waals surface area contributed by atoms with Gasteiger partial charge in [0.05, 0.1) is 0 Å². The van der Waals surface area contributed by atoms with Crippen LogP contribution in [0.5, 0.6) is 0 Å². The van der Waals surface area contributed by atoms with Gasteiger partial charge in [-0.25, -0.2) is 0 Å². The van der Waals surface area contributed by atoms with Crippen molar-refractivity contribution in [2.24, 2.45) is 0 Å². The van der Waals surface area contributed by atoms with Crippen LogP contribution in [0.4, 0.5) is 0 Å². The van der Waals surface area contributed by atoms with E-state index in [1.165, 1.54) is 127 Å². The van der Waals surface area contributed by atoms with Crippen LogP contribution in [0.2, 0.25) is 98.2 Å². The van der Waals surface area contributed by atoms with Gasteiger partial charge >= 0.3 is 132 Å². The first-order valence-electron chi connectivity index (χ1n) is 18.4. The highest BCUT2D eigenvalue weighted by molar-refractivity contribution is 6.98. The van der Waals surface area contributed by atoms with E-state index in [1.807, 2.05) is 0 Å². The molecule has 0 aromatic rings. The highest BCUT2D eigenvalue weighted by Gasteiger charge is 2.73. The van der Waals surface area contributed by atoms with Crippen LogP contribution in [0.15, 0.2) is 0 Å². The minimum atomic E-state index is -4.72. The Morgan fingerprint density at radius 3 is 0.951 bits per heavy atom. The van der Waals surface area contributed by atoms with Crippen molar-refractivity contribution in [1.29, 1.82) is 0 Å². The Labute approximate surface area is 372 Å². The van der Waals surface area contributed by atoms with E-state index in [0.717, 1.165) is 0 Å². The summed E-state index contributed by atoms with van der Waals surface area (Å²) >= 11 is 0. The molecule has 4 aliphatic heterocycles. The summed E-state index contributed by atoms with van der Waals surface area (Å²) in [5, 5.41) is 0. The maximum Gasteiger partial charge on any atom is 0.487 e. The van der Waals surface area contributed by atoms with Gasteiger partial charge < -0.3 is 116 Å². The van der Waals surface area contributed by atoms with Gasteiger partial charge in [-0.15, -0.1) is 0 Å². The van der Waals surface area contributed by atoms with Crippen molar-refractivity contribution in [3.63, 3.8) is 0 Å². The third-order valence-corrected chi connectivity index (χ3v) is 64.9. The monoisotopic (exact) mass is 1140 g/mol. The van der Waals surface area contributed by atoms with E-state index in [4.69, 9.17) is 91.8 Å².